The highest BCUT2D eigenvalue weighted by Gasteiger charge is 2.36. The van der Waals surface area contributed by atoms with E-state index in [1.54, 1.807) is 0 Å². The average Bonchev–Trinajstić information content (AvgIpc) is 3.16. The molecule has 190 valence electrons. The third-order valence-corrected chi connectivity index (χ3v) is 6.23. The first-order chi connectivity index (χ1) is 16.3. The van der Waals surface area contributed by atoms with E-state index in [1.165, 1.54) is 6.92 Å². The van der Waals surface area contributed by atoms with E-state index in [2.05, 4.69) is 0 Å². The molecule has 0 saturated carbocycles. The van der Waals surface area contributed by atoms with Gasteiger partial charge >= 0.3 is 23.8 Å². The van der Waals surface area contributed by atoms with E-state index in [0.717, 1.165) is 30.9 Å². The SMILES string of the molecule is CC(=O)OC1COCC1OC(=O)CSc1cc(-n2c(=O)cc(C(F)(F)F)n(C)c2=O)c(F)cc1Cl. The third kappa shape index (κ3) is 6.05. The maximum atomic E-state index is 14.6. The molecule has 15 heteroatoms. The van der Waals surface area contributed by atoms with Crippen LogP contribution in [0.2, 0.25) is 5.02 Å². The van der Waals surface area contributed by atoms with Crippen molar-refractivity contribution in [3.05, 3.63) is 55.6 Å². The molecule has 0 aliphatic carbocycles. The third-order valence-electron chi connectivity index (χ3n) is 4.78. The predicted octanol–water partition coefficient (Wildman–Crippen LogP) is 2.31. The Labute approximate surface area is 203 Å². The molecule has 0 radical (unpaired) electrons. The van der Waals surface area contributed by atoms with Crippen molar-refractivity contribution < 1.29 is 41.4 Å². The van der Waals surface area contributed by atoms with E-state index in [4.69, 9.17) is 25.8 Å². The van der Waals surface area contributed by atoms with Crippen molar-refractivity contribution in [1.29, 1.82) is 0 Å². The summed E-state index contributed by atoms with van der Waals surface area (Å²) in [5.74, 6) is -2.83. The number of hydrogen-bond acceptors (Lipinski definition) is 8. The summed E-state index contributed by atoms with van der Waals surface area (Å²) in [5.41, 5.74) is -4.99. The van der Waals surface area contributed by atoms with Gasteiger partial charge in [0.1, 0.15) is 11.5 Å². The number of hydrogen-bond donors (Lipinski definition) is 0. The highest BCUT2D eigenvalue weighted by Crippen LogP contribution is 2.32. The number of esters is 2. The molecule has 1 aromatic heterocycles. The van der Waals surface area contributed by atoms with Gasteiger partial charge in [-0.25, -0.2) is 13.8 Å². The van der Waals surface area contributed by atoms with E-state index in [-0.39, 0.29) is 44.1 Å². The fraction of sp³-hybridized carbons (Fsp3) is 0.400. The quantitative estimate of drug-likeness (QED) is 0.312. The lowest BCUT2D eigenvalue weighted by Crippen LogP contribution is -2.41. The summed E-state index contributed by atoms with van der Waals surface area (Å²) in [4.78, 5) is 48.2. The van der Waals surface area contributed by atoms with Crippen LogP contribution < -0.4 is 11.2 Å². The lowest BCUT2D eigenvalue weighted by atomic mass is 10.2. The van der Waals surface area contributed by atoms with Gasteiger partial charge in [-0.1, -0.05) is 11.6 Å². The minimum atomic E-state index is -4.98. The molecule has 1 fully saturated rings. The molecule has 35 heavy (non-hydrogen) atoms. The van der Waals surface area contributed by atoms with Gasteiger partial charge < -0.3 is 14.2 Å². The van der Waals surface area contributed by atoms with Crippen LogP contribution in [-0.2, 0) is 37.0 Å². The van der Waals surface area contributed by atoms with Crippen molar-refractivity contribution in [2.75, 3.05) is 19.0 Å². The van der Waals surface area contributed by atoms with Crippen molar-refractivity contribution in [2.45, 2.75) is 30.2 Å². The standard InChI is InChI=1S/C20H17ClF4N2O7S/c1-9(28)33-13-6-32-7-14(13)34-18(30)8-35-15-4-12(11(22)3-10(15)21)27-17(29)5-16(20(23,24)25)26(2)19(27)31/h3-5,13-14H,6-8H2,1-2H3. The molecule has 1 aliphatic heterocycles. The molecule has 1 aliphatic rings. The number of rotatable bonds is 6. The zero-order chi connectivity index (χ0) is 26.1. The Morgan fingerprint density at radius 1 is 1.17 bits per heavy atom. The summed E-state index contributed by atoms with van der Waals surface area (Å²) in [6.45, 7) is 1.25. The van der Waals surface area contributed by atoms with Crippen LogP contribution in [0.25, 0.3) is 5.69 Å². The number of ether oxygens (including phenoxy) is 3. The van der Waals surface area contributed by atoms with E-state index in [1.807, 2.05) is 0 Å². The van der Waals surface area contributed by atoms with Crippen LogP contribution in [0.3, 0.4) is 0 Å². The van der Waals surface area contributed by atoms with Crippen LogP contribution in [0, 0.1) is 5.82 Å². The molecule has 0 spiro atoms. The molecule has 0 amide bonds. The topological polar surface area (TPSA) is 106 Å². The van der Waals surface area contributed by atoms with Gasteiger partial charge in [-0.05, 0) is 12.1 Å². The number of alkyl halides is 3. The van der Waals surface area contributed by atoms with Crippen molar-refractivity contribution in [3.63, 3.8) is 0 Å². The number of aromatic nitrogens is 2. The number of carbonyl (C=O) groups is 2. The van der Waals surface area contributed by atoms with Crippen molar-refractivity contribution in [3.8, 4) is 5.69 Å². The molecule has 2 aromatic rings. The zero-order valence-corrected chi connectivity index (χ0v) is 19.6. The fourth-order valence-electron chi connectivity index (χ4n) is 3.21. The first kappa shape index (κ1) is 26.8. The van der Waals surface area contributed by atoms with Gasteiger partial charge in [0.25, 0.3) is 5.56 Å². The van der Waals surface area contributed by atoms with Crippen LogP contribution in [0.5, 0.6) is 0 Å². The average molecular weight is 541 g/mol. The largest absolute Gasteiger partial charge is 0.456 e. The maximum absolute atomic E-state index is 14.6. The molecule has 2 heterocycles. The van der Waals surface area contributed by atoms with E-state index >= 15 is 0 Å². The van der Waals surface area contributed by atoms with Gasteiger partial charge in [-0.15, -0.1) is 11.8 Å². The summed E-state index contributed by atoms with van der Waals surface area (Å²) < 4.78 is 69.6. The second-order valence-corrected chi connectivity index (χ2v) is 8.70. The predicted molar refractivity (Wildman–Crippen MR) is 114 cm³/mol. The van der Waals surface area contributed by atoms with Gasteiger partial charge in [-0.3, -0.25) is 19.0 Å². The summed E-state index contributed by atoms with van der Waals surface area (Å²) in [6, 6.07) is 1.89. The molecule has 2 unspecified atom stereocenters. The monoisotopic (exact) mass is 540 g/mol. The number of halogens is 5. The Hall–Kier alpha value is -2.84. The Morgan fingerprint density at radius 3 is 2.40 bits per heavy atom. The van der Waals surface area contributed by atoms with Crippen molar-refractivity contribution >= 4 is 35.3 Å². The van der Waals surface area contributed by atoms with Crippen LogP contribution in [-0.4, -0.2) is 52.2 Å². The van der Waals surface area contributed by atoms with Crippen LogP contribution in [0.1, 0.15) is 12.6 Å². The number of carbonyl (C=O) groups excluding carboxylic acids is 2. The van der Waals surface area contributed by atoms with E-state index in [9.17, 15) is 36.7 Å². The molecule has 0 bridgehead atoms. The van der Waals surface area contributed by atoms with E-state index < -0.39 is 58.8 Å². The lowest BCUT2D eigenvalue weighted by Gasteiger charge is -2.18. The Morgan fingerprint density at radius 2 is 1.80 bits per heavy atom. The van der Waals surface area contributed by atoms with Crippen LogP contribution in [0.15, 0.2) is 32.7 Å². The highest BCUT2D eigenvalue weighted by atomic mass is 35.5. The molecule has 2 atom stereocenters. The van der Waals surface area contributed by atoms with Crippen molar-refractivity contribution in [2.24, 2.45) is 7.05 Å². The van der Waals surface area contributed by atoms with Gasteiger partial charge in [0, 0.05) is 24.9 Å². The number of benzene rings is 1. The number of thioether (sulfide) groups is 1. The first-order valence-electron chi connectivity index (χ1n) is 9.76. The smallest absolute Gasteiger partial charge is 0.431 e. The minimum Gasteiger partial charge on any atom is -0.456 e. The Kier molecular flexibility index (Phi) is 7.97. The van der Waals surface area contributed by atoms with Gasteiger partial charge in [0.05, 0.1) is 29.7 Å². The Balaban J connectivity index is 1.84. The molecular formula is C20H17ClF4N2O7S. The van der Waals surface area contributed by atoms with Crippen LogP contribution >= 0.6 is 23.4 Å². The molecule has 1 saturated heterocycles. The normalized spacial score (nSPS) is 17.9. The van der Waals surface area contributed by atoms with Crippen molar-refractivity contribution in [1.82, 2.24) is 9.13 Å². The van der Waals surface area contributed by atoms with E-state index in [0.29, 0.717) is 0 Å². The van der Waals surface area contributed by atoms with Gasteiger partial charge in [-0.2, -0.15) is 13.2 Å². The lowest BCUT2D eigenvalue weighted by molar-refractivity contribution is -0.160. The molecule has 9 nitrogen and oxygen atoms in total. The zero-order valence-electron chi connectivity index (χ0n) is 18.1. The Bertz CT molecular complexity index is 1280. The van der Waals surface area contributed by atoms with Gasteiger partial charge in [0.2, 0.25) is 0 Å². The highest BCUT2D eigenvalue weighted by molar-refractivity contribution is 8.00. The molecule has 3 rings (SSSR count). The minimum absolute atomic E-state index is 0.00986. The number of nitrogens with zero attached hydrogens (tertiary/aromatic N) is 2. The molecular weight excluding hydrogens is 524 g/mol. The molecule has 0 N–H and O–H groups in total. The second-order valence-electron chi connectivity index (χ2n) is 7.28. The summed E-state index contributed by atoms with van der Waals surface area (Å²) >= 11 is 6.78. The maximum Gasteiger partial charge on any atom is 0.431 e. The van der Waals surface area contributed by atoms with Gasteiger partial charge in [0.15, 0.2) is 12.2 Å². The molecule has 1 aromatic carbocycles. The second kappa shape index (κ2) is 10.4. The first-order valence-corrected chi connectivity index (χ1v) is 11.1. The summed E-state index contributed by atoms with van der Waals surface area (Å²) in [7, 11) is 0.788. The van der Waals surface area contributed by atoms with Crippen LogP contribution in [0.4, 0.5) is 17.6 Å². The fourth-order valence-corrected chi connectivity index (χ4v) is 4.25. The summed E-state index contributed by atoms with van der Waals surface area (Å²) in [6.07, 6.45) is -6.59. The summed E-state index contributed by atoms with van der Waals surface area (Å²) in [5, 5.41) is -0.178.